The zero-order valence-corrected chi connectivity index (χ0v) is 14.9. The molecule has 0 saturated heterocycles. The van der Waals surface area contributed by atoms with E-state index in [9.17, 15) is 5.11 Å². The molecule has 1 saturated carbocycles. The molecule has 2 N–H and O–H groups in total. The normalized spacial score (nSPS) is 35.0. The van der Waals surface area contributed by atoms with Crippen molar-refractivity contribution < 1.29 is 10.2 Å². The van der Waals surface area contributed by atoms with Gasteiger partial charge in [0.15, 0.2) is 0 Å². The Kier molecular flexibility index (Phi) is 5.55. The Bertz CT molecular complexity index is 447. The van der Waals surface area contributed by atoms with Crippen LogP contribution in [0, 0.1) is 22.7 Å². The summed E-state index contributed by atoms with van der Waals surface area (Å²) in [6.07, 6.45) is 11.4. The first kappa shape index (κ1) is 17.7. The summed E-state index contributed by atoms with van der Waals surface area (Å²) in [4.78, 5) is 0. The van der Waals surface area contributed by atoms with Crippen molar-refractivity contribution in [3.63, 3.8) is 0 Å². The molecular formula is C20H34O2. The number of hydrogen-bond donors (Lipinski definition) is 2. The largest absolute Gasteiger partial charge is 0.392 e. The molecular weight excluding hydrogens is 272 g/mol. The maximum absolute atomic E-state index is 9.84. The molecule has 0 bridgehead atoms. The second-order valence-electron chi connectivity index (χ2n) is 8.40. The van der Waals surface area contributed by atoms with Crippen molar-refractivity contribution in [3.05, 3.63) is 23.3 Å². The van der Waals surface area contributed by atoms with Crippen LogP contribution >= 0.6 is 0 Å². The van der Waals surface area contributed by atoms with Crippen LogP contribution in [0.15, 0.2) is 23.3 Å². The van der Waals surface area contributed by atoms with Crippen molar-refractivity contribution in [2.45, 2.75) is 66.2 Å². The molecule has 0 heterocycles. The minimum Gasteiger partial charge on any atom is -0.392 e. The lowest BCUT2D eigenvalue weighted by molar-refractivity contribution is -0.0419. The van der Waals surface area contributed by atoms with Gasteiger partial charge in [0, 0.05) is 0 Å². The Morgan fingerprint density at radius 1 is 1.27 bits per heavy atom. The first-order valence-electron chi connectivity index (χ1n) is 8.91. The molecule has 22 heavy (non-hydrogen) atoms. The predicted molar refractivity (Wildman–Crippen MR) is 92.6 cm³/mol. The van der Waals surface area contributed by atoms with Gasteiger partial charge in [0.05, 0.1) is 13.2 Å². The molecule has 0 aromatic rings. The van der Waals surface area contributed by atoms with Gasteiger partial charge in [0.2, 0.25) is 0 Å². The predicted octanol–water partition coefficient (Wildman–Crippen LogP) is 4.48. The average Bonchev–Trinajstić information content (AvgIpc) is 2.44. The third-order valence-corrected chi connectivity index (χ3v) is 6.58. The summed E-state index contributed by atoms with van der Waals surface area (Å²) in [5.74, 6) is 1.20. The van der Waals surface area contributed by atoms with Crippen LogP contribution in [-0.2, 0) is 0 Å². The zero-order valence-electron chi connectivity index (χ0n) is 14.9. The van der Waals surface area contributed by atoms with Crippen molar-refractivity contribution in [3.8, 4) is 0 Å². The lowest BCUT2D eigenvalue weighted by Crippen LogP contribution is -2.49. The second-order valence-corrected chi connectivity index (χ2v) is 8.40. The van der Waals surface area contributed by atoms with Crippen LogP contribution in [0.2, 0.25) is 0 Å². The molecule has 2 nitrogen and oxygen atoms in total. The highest BCUT2D eigenvalue weighted by Gasteiger charge is 2.51. The van der Waals surface area contributed by atoms with E-state index in [0.29, 0.717) is 16.7 Å². The third-order valence-electron chi connectivity index (χ3n) is 6.58. The molecule has 0 radical (unpaired) electrons. The summed E-state index contributed by atoms with van der Waals surface area (Å²) < 4.78 is 0. The van der Waals surface area contributed by atoms with E-state index in [-0.39, 0.29) is 13.2 Å². The Labute approximate surface area is 136 Å². The number of rotatable bonds is 5. The maximum atomic E-state index is 9.84. The minimum atomic E-state index is 0.131. The number of aliphatic hydroxyl groups is 2. The van der Waals surface area contributed by atoms with E-state index in [0.717, 1.165) is 25.2 Å². The molecule has 0 aliphatic heterocycles. The van der Waals surface area contributed by atoms with E-state index >= 15 is 0 Å². The molecule has 2 heteroatoms. The SMILES string of the molecule is C/C(=C\CO)CC[C@@H]1C(CO)=CC[C@@H]2C(C)(C)CCC[C@@]12C. The molecule has 0 unspecified atom stereocenters. The van der Waals surface area contributed by atoms with Gasteiger partial charge in [-0.05, 0) is 67.3 Å². The highest BCUT2D eigenvalue weighted by atomic mass is 16.3. The maximum Gasteiger partial charge on any atom is 0.0644 e. The Morgan fingerprint density at radius 2 is 2.00 bits per heavy atom. The van der Waals surface area contributed by atoms with Crippen molar-refractivity contribution in [2.75, 3.05) is 13.2 Å². The van der Waals surface area contributed by atoms with E-state index in [4.69, 9.17) is 5.11 Å². The van der Waals surface area contributed by atoms with E-state index in [1.807, 2.05) is 6.08 Å². The van der Waals surface area contributed by atoms with Gasteiger partial charge in [0.1, 0.15) is 0 Å². The van der Waals surface area contributed by atoms with E-state index in [1.54, 1.807) is 0 Å². The number of fused-ring (bicyclic) bond motifs is 1. The summed E-state index contributed by atoms with van der Waals surface area (Å²) >= 11 is 0. The molecule has 0 aromatic carbocycles. The van der Waals surface area contributed by atoms with Gasteiger partial charge in [-0.25, -0.2) is 0 Å². The smallest absolute Gasteiger partial charge is 0.0644 e. The quantitative estimate of drug-likeness (QED) is 0.735. The fraction of sp³-hybridized carbons (Fsp3) is 0.800. The Balaban J connectivity index is 2.25. The molecule has 3 atom stereocenters. The Hall–Kier alpha value is -0.600. The Morgan fingerprint density at radius 3 is 2.64 bits per heavy atom. The monoisotopic (exact) mass is 306 g/mol. The van der Waals surface area contributed by atoms with Crippen LogP contribution in [-0.4, -0.2) is 23.4 Å². The lowest BCUT2D eigenvalue weighted by Gasteiger charge is -2.57. The van der Waals surface area contributed by atoms with Gasteiger partial charge in [-0.15, -0.1) is 0 Å². The average molecular weight is 306 g/mol. The minimum absolute atomic E-state index is 0.131. The second kappa shape index (κ2) is 6.88. The highest BCUT2D eigenvalue weighted by Crippen LogP contribution is 2.60. The molecule has 1 fully saturated rings. The van der Waals surface area contributed by atoms with Gasteiger partial charge in [-0.2, -0.15) is 0 Å². The molecule has 2 rings (SSSR count). The standard InChI is InChI=1S/C20H34O2/c1-15(10-13-21)6-8-17-16(14-22)7-9-18-19(2,3)11-5-12-20(17,18)4/h7,10,17-18,21-22H,5-6,8-9,11-14H2,1-4H3/b15-10+/t17-,18-,20+/m1/s1. The summed E-state index contributed by atoms with van der Waals surface area (Å²) in [6.45, 7) is 9.77. The van der Waals surface area contributed by atoms with Crippen LogP contribution in [0.5, 0.6) is 0 Å². The van der Waals surface area contributed by atoms with Gasteiger partial charge in [-0.3, -0.25) is 0 Å². The van der Waals surface area contributed by atoms with Crippen LogP contribution in [0.4, 0.5) is 0 Å². The van der Waals surface area contributed by atoms with Gasteiger partial charge < -0.3 is 10.2 Å². The molecule has 0 amide bonds. The third kappa shape index (κ3) is 3.33. The van der Waals surface area contributed by atoms with Crippen molar-refractivity contribution in [1.29, 1.82) is 0 Å². The molecule has 2 aliphatic carbocycles. The zero-order chi connectivity index (χ0) is 16.4. The molecule has 126 valence electrons. The van der Waals surface area contributed by atoms with E-state index < -0.39 is 0 Å². The van der Waals surface area contributed by atoms with E-state index in [1.165, 1.54) is 30.4 Å². The van der Waals surface area contributed by atoms with Crippen LogP contribution < -0.4 is 0 Å². The fourth-order valence-corrected chi connectivity index (χ4v) is 5.33. The summed E-state index contributed by atoms with van der Waals surface area (Å²) in [5.41, 5.74) is 3.24. The van der Waals surface area contributed by atoms with Crippen molar-refractivity contribution in [1.82, 2.24) is 0 Å². The van der Waals surface area contributed by atoms with Crippen molar-refractivity contribution >= 4 is 0 Å². The summed E-state index contributed by atoms with van der Waals surface area (Å²) in [7, 11) is 0. The van der Waals surface area contributed by atoms with E-state index in [2.05, 4.69) is 33.8 Å². The van der Waals surface area contributed by atoms with Crippen LogP contribution in [0.3, 0.4) is 0 Å². The topological polar surface area (TPSA) is 40.5 Å². The summed E-state index contributed by atoms with van der Waals surface area (Å²) in [5, 5.41) is 18.9. The van der Waals surface area contributed by atoms with Crippen LogP contribution in [0.25, 0.3) is 0 Å². The first-order valence-corrected chi connectivity index (χ1v) is 8.91. The first-order chi connectivity index (χ1) is 10.3. The molecule has 0 spiro atoms. The number of allylic oxidation sites excluding steroid dienone is 2. The number of aliphatic hydroxyl groups excluding tert-OH is 2. The van der Waals surface area contributed by atoms with Crippen molar-refractivity contribution in [2.24, 2.45) is 22.7 Å². The van der Waals surface area contributed by atoms with Gasteiger partial charge >= 0.3 is 0 Å². The van der Waals surface area contributed by atoms with Gasteiger partial charge in [-0.1, -0.05) is 44.9 Å². The summed E-state index contributed by atoms with van der Waals surface area (Å²) in [6, 6.07) is 0. The lowest BCUT2D eigenvalue weighted by atomic mass is 9.48. The molecule has 0 aromatic heterocycles. The number of hydrogen-bond acceptors (Lipinski definition) is 2. The van der Waals surface area contributed by atoms with Gasteiger partial charge in [0.25, 0.3) is 0 Å². The highest BCUT2D eigenvalue weighted by molar-refractivity contribution is 5.20. The van der Waals surface area contributed by atoms with Crippen LogP contribution in [0.1, 0.15) is 66.2 Å². The molecule has 2 aliphatic rings. The fourth-order valence-electron chi connectivity index (χ4n) is 5.33.